The Morgan fingerprint density at radius 3 is 2.38 bits per heavy atom. The number of hydrogen-bond acceptors (Lipinski definition) is 4. The first-order valence-electron chi connectivity index (χ1n) is 9.69. The summed E-state index contributed by atoms with van der Waals surface area (Å²) in [5.74, 6) is 1.34. The Kier molecular flexibility index (Phi) is 6.54. The zero-order valence-corrected chi connectivity index (χ0v) is 17.8. The van der Waals surface area contributed by atoms with E-state index in [4.69, 9.17) is 4.42 Å². The van der Waals surface area contributed by atoms with Crippen LogP contribution in [-0.2, 0) is 13.1 Å². The van der Waals surface area contributed by atoms with Crippen molar-refractivity contribution in [2.75, 3.05) is 26.0 Å². The molecule has 6 nitrogen and oxygen atoms in total. The molecule has 0 unspecified atom stereocenters. The summed E-state index contributed by atoms with van der Waals surface area (Å²) in [5.41, 5.74) is 6.67. The predicted molar refractivity (Wildman–Crippen MR) is 119 cm³/mol. The molecule has 0 radical (unpaired) electrons. The minimum absolute atomic E-state index is 0.531. The Labute approximate surface area is 172 Å². The molecule has 3 rings (SSSR count). The molecular weight excluding hydrogens is 362 g/mol. The molecule has 0 saturated heterocycles. The molecule has 2 aromatic carbocycles. The molecule has 0 aliphatic rings. The third-order valence-corrected chi connectivity index (χ3v) is 4.68. The molecule has 0 aliphatic carbocycles. The van der Waals surface area contributed by atoms with Crippen LogP contribution in [0.2, 0.25) is 0 Å². The summed E-state index contributed by atoms with van der Waals surface area (Å²) in [6.07, 6.45) is 1.68. The number of oxazole rings is 1. The summed E-state index contributed by atoms with van der Waals surface area (Å²) >= 11 is 0. The van der Waals surface area contributed by atoms with Gasteiger partial charge in [0.1, 0.15) is 6.26 Å². The average molecular weight is 392 g/mol. The second-order valence-electron chi connectivity index (χ2n) is 7.32. The van der Waals surface area contributed by atoms with Crippen LogP contribution in [0.3, 0.4) is 0 Å². The van der Waals surface area contributed by atoms with E-state index in [1.807, 2.05) is 12.1 Å². The number of aromatic nitrogens is 1. The van der Waals surface area contributed by atoms with E-state index in [0.717, 1.165) is 17.2 Å². The number of nitrogens with one attached hydrogen (secondary N) is 2. The summed E-state index contributed by atoms with van der Waals surface area (Å²) < 4.78 is 5.62. The van der Waals surface area contributed by atoms with Crippen LogP contribution in [0, 0.1) is 13.8 Å². The molecule has 0 saturated carbocycles. The van der Waals surface area contributed by atoms with Crippen LogP contribution in [0.4, 0.5) is 5.69 Å². The number of guanidine groups is 1. The van der Waals surface area contributed by atoms with Crippen molar-refractivity contribution >= 4 is 11.6 Å². The first-order valence-corrected chi connectivity index (χ1v) is 9.69. The van der Waals surface area contributed by atoms with Crippen LogP contribution in [0.5, 0.6) is 0 Å². The highest BCUT2D eigenvalue weighted by Crippen LogP contribution is 2.20. The predicted octanol–water partition coefficient (Wildman–Crippen LogP) is 3.89. The van der Waals surface area contributed by atoms with Crippen LogP contribution in [0.15, 0.2) is 58.1 Å². The van der Waals surface area contributed by atoms with Crippen LogP contribution in [-0.4, -0.2) is 32.1 Å². The minimum Gasteiger partial charge on any atom is -0.444 e. The van der Waals surface area contributed by atoms with E-state index in [-0.39, 0.29) is 0 Å². The lowest BCUT2D eigenvalue weighted by molar-refractivity contribution is 0.572. The van der Waals surface area contributed by atoms with Gasteiger partial charge in [0.05, 0.1) is 12.2 Å². The molecule has 0 bridgehead atoms. The molecule has 29 heavy (non-hydrogen) atoms. The van der Waals surface area contributed by atoms with Gasteiger partial charge in [-0.15, -0.1) is 0 Å². The third kappa shape index (κ3) is 5.38. The molecule has 152 valence electrons. The minimum atomic E-state index is 0.531. The molecule has 2 N–H and O–H groups in total. The van der Waals surface area contributed by atoms with E-state index in [1.165, 1.54) is 22.4 Å². The molecule has 0 aliphatic heterocycles. The van der Waals surface area contributed by atoms with Gasteiger partial charge in [-0.05, 0) is 43.2 Å². The highest BCUT2D eigenvalue weighted by atomic mass is 16.3. The first-order chi connectivity index (χ1) is 14.0. The molecule has 6 heteroatoms. The summed E-state index contributed by atoms with van der Waals surface area (Å²) in [6.45, 7) is 5.38. The lowest BCUT2D eigenvalue weighted by atomic mass is 10.1. The van der Waals surface area contributed by atoms with E-state index in [9.17, 15) is 0 Å². The summed E-state index contributed by atoms with van der Waals surface area (Å²) in [4.78, 5) is 11.0. The Morgan fingerprint density at radius 2 is 1.69 bits per heavy atom. The fourth-order valence-corrected chi connectivity index (χ4v) is 3.03. The molecule has 1 heterocycles. The van der Waals surface area contributed by atoms with Crippen molar-refractivity contribution in [1.82, 2.24) is 15.6 Å². The van der Waals surface area contributed by atoms with Crippen molar-refractivity contribution in [2.45, 2.75) is 26.9 Å². The molecule has 0 atom stereocenters. The molecule has 0 fully saturated rings. The van der Waals surface area contributed by atoms with Gasteiger partial charge in [0.15, 0.2) is 5.96 Å². The maximum absolute atomic E-state index is 5.62. The number of benzene rings is 2. The SMILES string of the molecule is CN=C(NCc1coc(-c2ccc(C)cc2)n1)NCc1ccc(C)cc1N(C)C. The maximum atomic E-state index is 5.62. The lowest BCUT2D eigenvalue weighted by Gasteiger charge is -2.19. The third-order valence-electron chi connectivity index (χ3n) is 4.68. The van der Waals surface area contributed by atoms with Gasteiger partial charge in [-0.25, -0.2) is 4.98 Å². The largest absolute Gasteiger partial charge is 0.444 e. The highest BCUT2D eigenvalue weighted by molar-refractivity contribution is 5.79. The zero-order valence-electron chi connectivity index (χ0n) is 17.8. The second-order valence-corrected chi connectivity index (χ2v) is 7.32. The topological polar surface area (TPSA) is 65.7 Å². The van der Waals surface area contributed by atoms with Crippen LogP contribution < -0.4 is 15.5 Å². The number of aliphatic imine (C=N–C) groups is 1. The number of aryl methyl sites for hydroxylation is 2. The Bertz CT molecular complexity index is 973. The number of nitrogens with zero attached hydrogens (tertiary/aromatic N) is 3. The van der Waals surface area contributed by atoms with Gasteiger partial charge in [0.2, 0.25) is 5.89 Å². The summed E-state index contributed by atoms with van der Waals surface area (Å²) in [7, 11) is 5.88. The quantitative estimate of drug-likeness (QED) is 0.493. The number of hydrogen-bond donors (Lipinski definition) is 2. The van der Waals surface area contributed by atoms with Crippen molar-refractivity contribution in [3.05, 3.63) is 71.1 Å². The van der Waals surface area contributed by atoms with Gasteiger partial charge in [-0.1, -0.05) is 29.8 Å². The average Bonchev–Trinajstić information content (AvgIpc) is 3.18. The molecule has 3 aromatic rings. The van der Waals surface area contributed by atoms with E-state index < -0.39 is 0 Å². The smallest absolute Gasteiger partial charge is 0.226 e. The molecule has 0 spiro atoms. The first kappa shape index (κ1) is 20.5. The van der Waals surface area contributed by atoms with Gasteiger partial charge in [-0.3, -0.25) is 4.99 Å². The lowest BCUT2D eigenvalue weighted by Crippen LogP contribution is -2.36. The zero-order chi connectivity index (χ0) is 20.8. The van der Waals surface area contributed by atoms with E-state index in [0.29, 0.717) is 19.0 Å². The van der Waals surface area contributed by atoms with Gasteiger partial charge in [0.25, 0.3) is 0 Å². The van der Waals surface area contributed by atoms with Crippen molar-refractivity contribution in [3.8, 4) is 11.5 Å². The van der Waals surface area contributed by atoms with Crippen LogP contribution in [0.25, 0.3) is 11.5 Å². The standard InChI is InChI=1S/C23H29N5O/c1-16-6-9-18(10-7-16)22-27-20(15-29-22)14-26-23(24-3)25-13-19-11-8-17(2)12-21(19)28(4)5/h6-12,15H,13-14H2,1-5H3,(H2,24,25,26). The van der Waals surface area contributed by atoms with Crippen molar-refractivity contribution in [2.24, 2.45) is 4.99 Å². The number of anilines is 1. The van der Waals surface area contributed by atoms with E-state index in [1.54, 1.807) is 13.3 Å². The van der Waals surface area contributed by atoms with Gasteiger partial charge in [0, 0.05) is 38.9 Å². The fourth-order valence-electron chi connectivity index (χ4n) is 3.03. The monoisotopic (exact) mass is 391 g/mol. The molecule has 1 aromatic heterocycles. The van der Waals surface area contributed by atoms with E-state index in [2.05, 4.69) is 83.8 Å². The normalized spacial score (nSPS) is 11.4. The van der Waals surface area contributed by atoms with Gasteiger partial charge >= 0.3 is 0 Å². The fraction of sp³-hybridized carbons (Fsp3) is 0.304. The summed E-state index contributed by atoms with van der Waals surface area (Å²) in [6, 6.07) is 14.6. The Balaban J connectivity index is 1.58. The van der Waals surface area contributed by atoms with Gasteiger partial charge in [-0.2, -0.15) is 0 Å². The molecular formula is C23H29N5O. The Morgan fingerprint density at radius 1 is 1.00 bits per heavy atom. The van der Waals surface area contributed by atoms with Gasteiger partial charge < -0.3 is 20.0 Å². The maximum Gasteiger partial charge on any atom is 0.226 e. The van der Waals surface area contributed by atoms with Crippen molar-refractivity contribution < 1.29 is 4.42 Å². The highest BCUT2D eigenvalue weighted by Gasteiger charge is 2.09. The van der Waals surface area contributed by atoms with Crippen LogP contribution >= 0.6 is 0 Å². The van der Waals surface area contributed by atoms with Crippen molar-refractivity contribution in [1.29, 1.82) is 0 Å². The van der Waals surface area contributed by atoms with Crippen LogP contribution in [0.1, 0.15) is 22.4 Å². The second kappa shape index (κ2) is 9.28. The van der Waals surface area contributed by atoms with E-state index >= 15 is 0 Å². The molecule has 0 amide bonds. The summed E-state index contributed by atoms with van der Waals surface area (Å²) in [5, 5.41) is 6.66. The van der Waals surface area contributed by atoms with Crippen molar-refractivity contribution in [3.63, 3.8) is 0 Å². The Hall–Kier alpha value is -3.28. The number of rotatable bonds is 6.